The lowest BCUT2D eigenvalue weighted by Gasteiger charge is -2.30. The molecule has 0 radical (unpaired) electrons. The van der Waals surface area contributed by atoms with Gasteiger partial charge in [0, 0.05) is 12.6 Å². The van der Waals surface area contributed by atoms with Gasteiger partial charge in [0.25, 0.3) is 0 Å². The average molecular weight is 238 g/mol. The van der Waals surface area contributed by atoms with E-state index >= 15 is 0 Å². The van der Waals surface area contributed by atoms with E-state index in [1.54, 1.807) is 0 Å². The average Bonchev–Trinajstić information content (AvgIpc) is 2.90. The van der Waals surface area contributed by atoms with Gasteiger partial charge in [-0.05, 0) is 42.9 Å². The number of aliphatic hydroxyl groups is 1. The van der Waals surface area contributed by atoms with Gasteiger partial charge in [0.1, 0.15) is 0 Å². The summed E-state index contributed by atoms with van der Waals surface area (Å²) in [5.41, 5.74) is 2.03. The van der Waals surface area contributed by atoms with E-state index in [4.69, 9.17) is 16.7 Å². The third-order valence-electron chi connectivity index (χ3n) is 3.91. The fourth-order valence-corrected chi connectivity index (χ4v) is 3.41. The van der Waals surface area contributed by atoms with Crippen LogP contribution in [0.25, 0.3) is 0 Å². The van der Waals surface area contributed by atoms with Crippen molar-refractivity contribution in [1.82, 2.24) is 0 Å². The molecule has 16 heavy (non-hydrogen) atoms. The van der Waals surface area contributed by atoms with Crippen LogP contribution in [0.5, 0.6) is 0 Å². The van der Waals surface area contributed by atoms with E-state index in [0.717, 1.165) is 28.7 Å². The molecule has 1 saturated heterocycles. The van der Waals surface area contributed by atoms with Crippen molar-refractivity contribution in [2.45, 2.75) is 31.9 Å². The summed E-state index contributed by atoms with van der Waals surface area (Å²) in [6.45, 7) is 1.22. The second-order valence-electron chi connectivity index (χ2n) is 4.93. The lowest BCUT2D eigenvalue weighted by Crippen LogP contribution is -2.32. The first-order chi connectivity index (χ1) is 7.78. The maximum absolute atomic E-state index is 9.05. The van der Waals surface area contributed by atoms with Gasteiger partial charge < -0.3 is 10.0 Å². The predicted molar refractivity (Wildman–Crippen MR) is 65.8 cm³/mol. The second-order valence-corrected chi connectivity index (χ2v) is 5.34. The highest BCUT2D eigenvalue weighted by Gasteiger charge is 2.38. The molecule has 3 rings (SSSR count). The summed E-state index contributed by atoms with van der Waals surface area (Å²) in [7, 11) is 0. The smallest absolute Gasteiger partial charge is 0.0682 e. The second kappa shape index (κ2) is 3.94. The first-order valence-corrected chi connectivity index (χ1v) is 6.31. The molecule has 2 bridgehead atoms. The van der Waals surface area contributed by atoms with Crippen molar-refractivity contribution in [3.63, 3.8) is 0 Å². The number of nitrogens with zero attached hydrogens (tertiary/aromatic N) is 1. The fourth-order valence-electron chi connectivity index (χ4n) is 3.10. The number of rotatable bonds is 2. The zero-order valence-electron chi connectivity index (χ0n) is 9.19. The molecule has 0 aromatic heterocycles. The number of hydrogen-bond acceptors (Lipinski definition) is 2. The SMILES string of the molecule is OCc1ccc(N2CC3CCC2C3)c(Cl)c1. The molecule has 2 nitrogen and oxygen atoms in total. The molecule has 2 aliphatic rings. The fraction of sp³-hybridized carbons (Fsp3) is 0.538. The Balaban J connectivity index is 1.89. The Kier molecular flexibility index (Phi) is 2.56. The van der Waals surface area contributed by atoms with E-state index in [9.17, 15) is 0 Å². The van der Waals surface area contributed by atoms with E-state index in [1.165, 1.54) is 19.3 Å². The first-order valence-electron chi connectivity index (χ1n) is 5.94. The van der Waals surface area contributed by atoms with Crippen molar-refractivity contribution in [2.75, 3.05) is 11.4 Å². The number of halogens is 1. The highest BCUT2D eigenvalue weighted by atomic mass is 35.5. The van der Waals surface area contributed by atoms with Crippen LogP contribution in [0.15, 0.2) is 18.2 Å². The first kappa shape index (κ1) is 10.4. The van der Waals surface area contributed by atoms with Crippen molar-refractivity contribution in [1.29, 1.82) is 0 Å². The van der Waals surface area contributed by atoms with Crippen LogP contribution in [0.4, 0.5) is 5.69 Å². The van der Waals surface area contributed by atoms with Crippen LogP contribution in [0.2, 0.25) is 5.02 Å². The third-order valence-corrected chi connectivity index (χ3v) is 4.22. The molecule has 1 N–H and O–H groups in total. The zero-order valence-corrected chi connectivity index (χ0v) is 9.95. The molecule has 2 atom stereocenters. The molecule has 3 heteroatoms. The molecule has 1 aromatic rings. The number of benzene rings is 1. The Labute approximate surface area is 101 Å². The minimum absolute atomic E-state index is 0.0616. The van der Waals surface area contributed by atoms with E-state index in [1.807, 2.05) is 12.1 Å². The van der Waals surface area contributed by atoms with Crippen molar-refractivity contribution in [2.24, 2.45) is 5.92 Å². The van der Waals surface area contributed by atoms with Gasteiger partial charge in [0.05, 0.1) is 17.3 Å². The topological polar surface area (TPSA) is 23.5 Å². The molecule has 1 aliphatic heterocycles. The lowest BCUT2D eigenvalue weighted by molar-refractivity contribution is 0.282. The molecule has 1 aliphatic carbocycles. The van der Waals surface area contributed by atoms with Crippen molar-refractivity contribution in [3.05, 3.63) is 28.8 Å². The molecule has 1 heterocycles. The number of fused-ring (bicyclic) bond motifs is 2. The van der Waals surface area contributed by atoms with Gasteiger partial charge in [-0.2, -0.15) is 0 Å². The summed E-state index contributed by atoms with van der Waals surface area (Å²) in [5.74, 6) is 0.874. The van der Waals surface area contributed by atoms with Crippen LogP contribution in [-0.2, 0) is 6.61 Å². The number of piperidine rings is 1. The van der Waals surface area contributed by atoms with Crippen LogP contribution < -0.4 is 4.90 Å². The van der Waals surface area contributed by atoms with Crippen molar-refractivity contribution in [3.8, 4) is 0 Å². The minimum atomic E-state index is 0.0616. The molecule has 1 saturated carbocycles. The van der Waals surface area contributed by atoms with Gasteiger partial charge >= 0.3 is 0 Å². The van der Waals surface area contributed by atoms with Crippen molar-refractivity contribution < 1.29 is 5.11 Å². The number of aliphatic hydroxyl groups excluding tert-OH is 1. The molecule has 0 amide bonds. The largest absolute Gasteiger partial charge is 0.392 e. The van der Waals surface area contributed by atoms with Gasteiger partial charge in [0.15, 0.2) is 0 Å². The summed E-state index contributed by atoms with van der Waals surface area (Å²) in [6.07, 6.45) is 4.02. The third kappa shape index (κ3) is 1.61. The van der Waals surface area contributed by atoms with E-state index in [2.05, 4.69) is 11.0 Å². The van der Waals surface area contributed by atoms with Crippen LogP contribution in [-0.4, -0.2) is 17.7 Å². The van der Waals surface area contributed by atoms with Crippen LogP contribution in [0.3, 0.4) is 0 Å². The Bertz CT molecular complexity index is 407. The molecule has 2 unspecified atom stereocenters. The Hall–Kier alpha value is -0.730. The van der Waals surface area contributed by atoms with E-state index in [0.29, 0.717) is 6.04 Å². The highest BCUT2D eigenvalue weighted by molar-refractivity contribution is 6.33. The normalized spacial score (nSPS) is 27.8. The molecular weight excluding hydrogens is 222 g/mol. The Morgan fingerprint density at radius 2 is 2.25 bits per heavy atom. The quantitative estimate of drug-likeness (QED) is 0.855. The monoisotopic (exact) mass is 237 g/mol. The van der Waals surface area contributed by atoms with Crippen molar-refractivity contribution >= 4 is 17.3 Å². The maximum atomic E-state index is 9.05. The van der Waals surface area contributed by atoms with Crippen LogP contribution in [0, 0.1) is 5.92 Å². The molecule has 1 aromatic carbocycles. The predicted octanol–water partition coefficient (Wildman–Crippen LogP) is 2.82. The van der Waals surface area contributed by atoms with Crippen LogP contribution in [0.1, 0.15) is 24.8 Å². The minimum Gasteiger partial charge on any atom is -0.392 e. The van der Waals surface area contributed by atoms with Gasteiger partial charge in [-0.3, -0.25) is 0 Å². The number of hydrogen-bond donors (Lipinski definition) is 1. The standard InChI is InChI=1S/C13H16ClNO/c14-12-6-10(8-16)2-4-13(12)15-7-9-1-3-11(15)5-9/h2,4,6,9,11,16H,1,3,5,7-8H2. The summed E-state index contributed by atoms with van der Waals surface area (Å²) in [4.78, 5) is 2.44. The lowest BCUT2D eigenvalue weighted by atomic mass is 10.1. The Morgan fingerprint density at radius 3 is 2.81 bits per heavy atom. The zero-order chi connectivity index (χ0) is 11.1. The van der Waals surface area contributed by atoms with E-state index in [-0.39, 0.29) is 6.61 Å². The molecular formula is C13H16ClNO. The molecule has 0 spiro atoms. The van der Waals surface area contributed by atoms with E-state index < -0.39 is 0 Å². The highest BCUT2D eigenvalue weighted by Crippen LogP contribution is 2.42. The summed E-state index contributed by atoms with van der Waals surface area (Å²) < 4.78 is 0. The molecule has 2 fully saturated rings. The summed E-state index contributed by atoms with van der Waals surface area (Å²) in [5, 5.41) is 9.83. The van der Waals surface area contributed by atoms with Gasteiger partial charge in [0.2, 0.25) is 0 Å². The molecule has 86 valence electrons. The van der Waals surface area contributed by atoms with Gasteiger partial charge in [-0.25, -0.2) is 0 Å². The Morgan fingerprint density at radius 1 is 1.38 bits per heavy atom. The summed E-state index contributed by atoms with van der Waals surface area (Å²) >= 11 is 6.27. The van der Waals surface area contributed by atoms with Gasteiger partial charge in [-0.1, -0.05) is 17.7 Å². The van der Waals surface area contributed by atoms with Crippen LogP contribution >= 0.6 is 11.6 Å². The van der Waals surface area contributed by atoms with Gasteiger partial charge in [-0.15, -0.1) is 0 Å². The number of anilines is 1. The maximum Gasteiger partial charge on any atom is 0.0682 e. The summed E-state index contributed by atoms with van der Waals surface area (Å²) in [6, 6.07) is 6.59.